The standard InChI is InChI=1S/C20H22ClN5O3/c1-12(20(28)29)9-17(22-19(27)18-23-25-26-24-18)10-13-5-7-14(8-6-13)15-3-2-4-16(21)11-15/h2-8,11-12,17,25-26H,9-10H2,1H3,(H,22,27)(H,23,24)(H,28,29)/t12-,17-/m0/s1. The molecule has 8 nitrogen and oxygen atoms in total. The zero-order chi connectivity index (χ0) is 20.8. The molecular formula is C20H22ClN5O3. The lowest BCUT2D eigenvalue weighted by atomic mass is 9.95. The van der Waals surface area contributed by atoms with Gasteiger partial charge in [-0.3, -0.25) is 15.0 Å². The van der Waals surface area contributed by atoms with E-state index in [2.05, 4.69) is 26.9 Å². The minimum Gasteiger partial charge on any atom is -0.481 e. The second-order valence-corrected chi connectivity index (χ2v) is 7.32. The molecule has 5 N–H and O–H groups in total. The number of nitrogens with zero attached hydrogens (tertiary/aromatic N) is 1. The van der Waals surface area contributed by atoms with Crippen molar-refractivity contribution < 1.29 is 14.7 Å². The predicted molar refractivity (Wildman–Crippen MR) is 111 cm³/mol. The van der Waals surface area contributed by atoms with Gasteiger partial charge in [0, 0.05) is 11.1 Å². The van der Waals surface area contributed by atoms with Crippen LogP contribution in [0.25, 0.3) is 11.1 Å². The van der Waals surface area contributed by atoms with E-state index in [0.29, 0.717) is 17.9 Å². The Kier molecular flexibility index (Phi) is 6.69. The summed E-state index contributed by atoms with van der Waals surface area (Å²) in [6, 6.07) is 15.1. The zero-order valence-electron chi connectivity index (χ0n) is 15.8. The molecule has 2 aromatic carbocycles. The van der Waals surface area contributed by atoms with Crippen molar-refractivity contribution in [1.29, 1.82) is 0 Å². The highest BCUT2D eigenvalue weighted by molar-refractivity contribution is 6.38. The molecule has 0 aliphatic carbocycles. The molecule has 0 saturated carbocycles. The number of hydrogen-bond acceptors (Lipinski definition) is 6. The van der Waals surface area contributed by atoms with Crippen LogP contribution in [0.3, 0.4) is 0 Å². The van der Waals surface area contributed by atoms with Crippen LogP contribution in [0, 0.1) is 5.92 Å². The molecule has 0 fully saturated rings. The maximum Gasteiger partial charge on any atom is 0.306 e. The molecule has 3 rings (SSSR count). The Morgan fingerprint density at radius 1 is 1.17 bits per heavy atom. The lowest BCUT2D eigenvalue weighted by molar-refractivity contribution is -0.141. The molecule has 1 aliphatic heterocycles. The Hall–Kier alpha value is -3.10. The van der Waals surface area contributed by atoms with Gasteiger partial charge in [0.25, 0.3) is 5.91 Å². The summed E-state index contributed by atoms with van der Waals surface area (Å²) in [5, 5.41) is 16.5. The van der Waals surface area contributed by atoms with Crippen LogP contribution in [0.15, 0.2) is 53.6 Å². The van der Waals surface area contributed by atoms with E-state index in [1.54, 1.807) is 6.92 Å². The van der Waals surface area contributed by atoms with E-state index in [4.69, 9.17) is 11.6 Å². The highest BCUT2D eigenvalue weighted by atomic mass is 35.5. The molecule has 0 unspecified atom stereocenters. The van der Waals surface area contributed by atoms with Gasteiger partial charge in [-0.2, -0.15) is 0 Å². The van der Waals surface area contributed by atoms with E-state index in [0.717, 1.165) is 16.7 Å². The Labute approximate surface area is 173 Å². The van der Waals surface area contributed by atoms with E-state index in [1.807, 2.05) is 48.5 Å². The number of amidine groups is 1. The van der Waals surface area contributed by atoms with Gasteiger partial charge in [-0.25, -0.2) is 5.53 Å². The molecule has 2 atom stereocenters. The van der Waals surface area contributed by atoms with Crippen molar-refractivity contribution in [2.45, 2.75) is 25.8 Å². The number of hydrazone groups is 1. The van der Waals surface area contributed by atoms with Crippen molar-refractivity contribution >= 4 is 29.3 Å². The molecule has 2 aromatic rings. The molecule has 0 saturated heterocycles. The average Bonchev–Trinajstić information content (AvgIpc) is 3.23. The van der Waals surface area contributed by atoms with Crippen LogP contribution in [-0.2, 0) is 16.0 Å². The maximum absolute atomic E-state index is 12.3. The van der Waals surface area contributed by atoms with E-state index in [-0.39, 0.29) is 11.9 Å². The summed E-state index contributed by atoms with van der Waals surface area (Å²) in [6.07, 6.45) is 0.790. The third-order valence-corrected chi connectivity index (χ3v) is 4.84. The van der Waals surface area contributed by atoms with Crippen LogP contribution in [-0.4, -0.2) is 28.9 Å². The first kappa shape index (κ1) is 20.6. The minimum atomic E-state index is -0.903. The summed E-state index contributed by atoms with van der Waals surface area (Å²) in [6.45, 7) is 1.62. The number of carbonyl (C=O) groups excluding carboxylic acids is 1. The van der Waals surface area contributed by atoms with Crippen molar-refractivity contribution in [2.75, 3.05) is 0 Å². The summed E-state index contributed by atoms with van der Waals surface area (Å²) >= 11 is 6.06. The van der Waals surface area contributed by atoms with E-state index < -0.39 is 17.8 Å². The Balaban J connectivity index is 1.72. The number of halogens is 1. The van der Waals surface area contributed by atoms with Crippen LogP contribution in [0.5, 0.6) is 0 Å². The average molecular weight is 416 g/mol. The zero-order valence-corrected chi connectivity index (χ0v) is 16.5. The maximum atomic E-state index is 12.3. The molecule has 9 heteroatoms. The third kappa shape index (κ3) is 5.69. The highest BCUT2D eigenvalue weighted by Crippen LogP contribution is 2.23. The van der Waals surface area contributed by atoms with Crippen LogP contribution in [0.4, 0.5) is 0 Å². The molecule has 0 bridgehead atoms. The molecule has 1 heterocycles. The number of carbonyl (C=O) groups is 2. The van der Waals surface area contributed by atoms with Crippen LogP contribution < -0.4 is 21.8 Å². The van der Waals surface area contributed by atoms with Gasteiger partial charge in [0.2, 0.25) is 5.84 Å². The van der Waals surface area contributed by atoms with Gasteiger partial charge in [-0.15, -0.1) is 10.6 Å². The predicted octanol–water partition coefficient (Wildman–Crippen LogP) is 2.07. The van der Waals surface area contributed by atoms with Crippen molar-refractivity contribution in [1.82, 2.24) is 21.8 Å². The van der Waals surface area contributed by atoms with Crippen molar-refractivity contribution in [3.63, 3.8) is 0 Å². The number of nitrogens with one attached hydrogen (secondary N) is 4. The number of benzene rings is 2. The molecule has 152 valence electrons. The first-order valence-corrected chi connectivity index (χ1v) is 9.52. The lowest BCUT2D eigenvalue weighted by Crippen LogP contribution is -2.47. The summed E-state index contributed by atoms with van der Waals surface area (Å²) in [5.74, 6) is -1.82. The largest absolute Gasteiger partial charge is 0.481 e. The monoisotopic (exact) mass is 415 g/mol. The first-order valence-electron chi connectivity index (χ1n) is 9.14. The topological polar surface area (TPSA) is 115 Å². The fourth-order valence-corrected chi connectivity index (χ4v) is 3.26. The van der Waals surface area contributed by atoms with E-state index >= 15 is 0 Å². The van der Waals surface area contributed by atoms with E-state index in [1.165, 1.54) is 0 Å². The highest BCUT2D eigenvalue weighted by Gasteiger charge is 2.23. The number of carboxylic acids is 1. The quantitative estimate of drug-likeness (QED) is 0.451. The van der Waals surface area contributed by atoms with Gasteiger partial charge in [-0.05, 0) is 41.7 Å². The van der Waals surface area contributed by atoms with E-state index in [9.17, 15) is 14.7 Å². The Bertz CT molecular complexity index is 917. The molecular weight excluding hydrogens is 394 g/mol. The number of carboxylic acid groups (broad SMARTS) is 1. The fourth-order valence-electron chi connectivity index (χ4n) is 3.07. The lowest BCUT2D eigenvalue weighted by Gasteiger charge is -2.21. The molecule has 0 spiro atoms. The Morgan fingerprint density at radius 2 is 1.93 bits per heavy atom. The second-order valence-electron chi connectivity index (χ2n) is 6.88. The first-order chi connectivity index (χ1) is 13.9. The third-order valence-electron chi connectivity index (χ3n) is 4.61. The van der Waals surface area contributed by atoms with Gasteiger partial charge >= 0.3 is 5.97 Å². The normalized spacial score (nSPS) is 14.9. The molecule has 29 heavy (non-hydrogen) atoms. The summed E-state index contributed by atoms with van der Waals surface area (Å²) in [5.41, 5.74) is 10.5. The van der Waals surface area contributed by atoms with Gasteiger partial charge in [-0.1, -0.05) is 54.9 Å². The smallest absolute Gasteiger partial charge is 0.306 e. The van der Waals surface area contributed by atoms with Crippen LogP contribution in [0.1, 0.15) is 18.9 Å². The molecule has 0 radical (unpaired) electrons. The fraction of sp³-hybridized carbons (Fsp3) is 0.250. The second kappa shape index (κ2) is 9.40. The van der Waals surface area contributed by atoms with Crippen molar-refractivity contribution in [3.05, 3.63) is 59.1 Å². The van der Waals surface area contributed by atoms with Crippen molar-refractivity contribution in [3.8, 4) is 11.1 Å². The Morgan fingerprint density at radius 3 is 2.55 bits per heavy atom. The van der Waals surface area contributed by atoms with Crippen LogP contribution >= 0.6 is 11.6 Å². The SMILES string of the molecule is C[C@@H](C[C@@H](Cc1ccc(-c2cccc(Cl)c2)cc1)NC(=O)C1=NNNN1)C(=O)O. The molecule has 1 amide bonds. The van der Waals surface area contributed by atoms with Gasteiger partial charge < -0.3 is 10.4 Å². The number of rotatable bonds is 8. The van der Waals surface area contributed by atoms with Gasteiger partial charge in [0.15, 0.2) is 0 Å². The van der Waals surface area contributed by atoms with Gasteiger partial charge in [0.1, 0.15) is 0 Å². The summed E-state index contributed by atoms with van der Waals surface area (Å²) in [4.78, 5) is 23.6. The van der Waals surface area contributed by atoms with Crippen LogP contribution in [0.2, 0.25) is 5.02 Å². The minimum absolute atomic E-state index is 0.0919. The summed E-state index contributed by atoms with van der Waals surface area (Å²) < 4.78 is 0. The molecule has 0 aromatic heterocycles. The number of aliphatic carboxylic acids is 1. The van der Waals surface area contributed by atoms with Gasteiger partial charge in [0.05, 0.1) is 5.92 Å². The number of hydrogen-bond donors (Lipinski definition) is 5. The number of hydrazine groups is 2. The van der Waals surface area contributed by atoms with Crippen molar-refractivity contribution in [2.24, 2.45) is 11.0 Å². The number of amides is 1. The molecule has 1 aliphatic rings. The summed E-state index contributed by atoms with van der Waals surface area (Å²) in [7, 11) is 0.